The lowest BCUT2D eigenvalue weighted by Crippen LogP contribution is -2.31. The largest absolute Gasteiger partial charge is 0.274 e. The zero-order chi connectivity index (χ0) is 15.9. The zero-order valence-electron chi connectivity index (χ0n) is 13.0. The van der Waals surface area contributed by atoms with Crippen LogP contribution >= 0.6 is 0 Å². The van der Waals surface area contributed by atoms with Crippen molar-refractivity contribution < 1.29 is 9.59 Å². The van der Waals surface area contributed by atoms with E-state index in [2.05, 4.69) is 5.10 Å². The second kappa shape index (κ2) is 5.40. The highest BCUT2D eigenvalue weighted by Crippen LogP contribution is 2.28. The summed E-state index contributed by atoms with van der Waals surface area (Å²) in [6.07, 6.45) is 0.241. The molecule has 0 saturated carbocycles. The first-order valence-corrected chi connectivity index (χ1v) is 7.40. The number of rotatable bonds is 3. The lowest BCUT2D eigenvalue weighted by atomic mass is 10.1. The van der Waals surface area contributed by atoms with E-state index in [9.17, 15) is 9.59 Å². The van der Waals surface area contributed by atoms with E-state index in [1.807, 2.05) is 49.7 Å². The van der Waals surface area contributed by atoms with Gasteiger partial charge in [0.1, 0.15) is 0 Å². The Balaban J connectivity index is 1.84. The smallest absolute Gasteiger partial charge is 0.239 e. The molecule has 1 unspecified atom stereocenters. The van der Waals surface area contributed by atoms with Crippen molar-refractivity contribution >= 4 is 17.5 Å². The van der Waals surface area contributed by atoms with Crippen LogP contribution in [0.25, 0.3) is 0 Å². The fourth-order valence-corrected chi connectivity index (χ4v) is 2.94. The first-order chi connectivity index (χ1) is 10.5. The third kappa shape index (κ3) is 2.54. The topological polar surface area (TPSA) is 55.2 Å². The Bertz CT molecular complexity index is 748. The van der Waals surface area contributed by atoms with Crippen LogP contribution in [0.3, 0.4) is 0 Å². The summed E-state index contributed by atoms with van der Waals surface area (Å²) in [7, 11) is 0. The van der Waals surface area contributed by atoms with Crippen LogP contribution in [0.4, 0.5) is 5.69 Å². The molecule has 1 aliphatic heterocycles. The Morgan fingerprint density at radius 1 is 1.18 bits per heavy atom. The molecule has 1 aliphatic rings. The molecular weight excluding hydrogens is 278 g/mol. The number of amides is 2. The van der Waals surface area contributed by atoms with Gasteiger partial charge >= 0.3 is 0 Å². The minimum absolute atomic E-state index is 0.136. The summed E-state index contributed by atoms with van der Waals surface area (Å²) < 4.78 is 1.81. The molecular formula is C17H19N3O2. The summed E-state index contributed by atoms with van der Waals surface area (Å²) in [6.45, 7) is 6.28. The van der Waals surface area contributed by atoms with Gasteiger partial charge in [-0.25, -0.2) is 0 Å². The van der Waals surface area contributed by atoms with Crippen molar-refractivity contribution in [2.45, 2.75) is 33.7 Å². The molecule has 0 aliphatic carbocycles. The number of anilines is 1. The summed E-state index contributed by atoms with van der Waals surface area (Å²) in [5.74, 6) is -0.615. The van der Waals surface area contributed by atoms with Crippen LogP contribution in [-0.4, -0.2) is 21.6 Å². The fourth-order valence-electron chi connectivity index (χ4n) is 2.94. The minimum Gasteiger partial charge on any atom is -0.274 e. The van der Waals surface area contributed by atoms with Gasteiger partial charge in [0.15, 0.2) is 0 Å². The molecule has 3 rings (SSSR count). The molecule has 114 valence electrons. The molecule has 5 nitrogen and oxygen atoms in total. The maximum atomic E-state index is 12.6. The summed E-state index contributed by atoms with van der Waals surface area (Å²) >= 11 is 0. The molecule has 1 aromatic heterocycles. The summed E-state index contributed by atoms with van der Waals surface area (Å²) in [4.78, 5) is 26.2. The van der Waals surface area contributed by atoms with E-state index in [4.69, 9.17) is 0 Å². The Kier molecular flexibility index (Phi) is 3.56. The molecule has 0 radical (unpaired) electrons. The maximum Gasteiger partial charge on any atom is 0.239 e. The molecule has 22 heavy (non-hydrogen) atoms. The van der Waals surface area contributed by atoms with E-state index in [1.54, 1.807) is 6.07 Å². The number of hydrogen-bond acceptors (Lipinski definition) is 3. The van der Waals surface area contributed by atoms with Crippen LogP contribution in [0.2, 0.25) is 0 Å². The molecule has 5 heteroatoms. The van der Waals surface area contributed by atoms with Gasteiger partial charge in [-0.2, -0.15) is 5.10 Å². The molecule has 1 atom stereocenters. The predicted octanol–water partition coefficient (Wildman–Crippen LogP) is 2.39. The van der Waals surface area contributed by atoms with Crippen LogP contribution in [0, 0.1) is 26.7 Å². The summed E-state index contributed by atoms with van der Waals surface area (Å²) in [6, 6.07) is 9.44. The molecule has 2 heterocycles. The Morgan fingerprint density at radius 3 is 2.59 bits per heavy atom. The highest BCUT2D eigenvalue weighted by molar-refractivity contribution is 6.20. The zero-order valence-corrected chi connectivity index (χ0v) is 13.0. The van der Waals surface area contributed by atoms with E-state index in [-0.39, 0.29) is 24.2 Å². The van der Waals surface area contributed by atoms with E-state index >= 15 is 0 Å². The normalized spacial score (nSPS) is 18.3. The van der Waals surface area contributed by atoms with Crippen LogP contribution in [-0.2, 0) is 16.1 Å². The van der Waals surface area contributed by atoms with Crippen molar-refractivity contribution in [1.29, 1.82) is 0 Å². The number of carbonyl (C=O) groups excluding carboxylic acids is 2. The summed E-state index contributed by atoms with van der Waals surface area (Å²) in [5, 5.41) is 4.38. The van der Waals surface area contributed by atoms with Gasteiger partial charge in [-0.15, -0.1) is 0 Å². The van der Waals surface area contributed by atoms with Crippen LogP contribution in [0.5, 0.6) is 0 Å². The van der Waals surface area contributed by atoms with E-state index in [0.717, 1.165) is 17.0 Å². The van der Waals surface area contributed by atoms with Crippen molar-refractivity contribution in [2.75, 3.05) is 4.90 Å². The quantitative estimate of drug-likeness (QED) is 0.817. The lowest BCUT2D eigenvalue weighted by molar-refractivity contribution is -0.122. The van der Waals surface area contributed by atoms with Gasteiger partial charge in [0, 0.05) is 12.1 Å². The molecule has 1 aromatic carbocycles. The van der Waals surface area contributed by atoms with Crippen molar-refractivity contribution in [3.63, 3.8) is 0 Å². The minimum atomic E-state index is -0.342. The molecule has 1 saturated heterocycles. The van der Waals surface area contributed by atoms with E-state index in [0.29, 0.717) is 12.2 Å². The number of aromatic nitrogens is 2. The van der Waals surface area contributed by atoms with Gasteiger partial charge in [-0.05, 0) is 44.5 Å². The monoisotopic (exact) mass is 297 g/mol. The number of nitrogens with zero attached hydrogens (tertiary/aromatic N) is 3. The van der Waals surface area contributed by atoms with Crippen molar-refractivity contribution in [3.8, 4) is 0 Å². The number of benzene rings is 1. The average molecular weight is 297 g/mol. The first kappa shape index (κ1) is 14.5. The highest BCUT2D eigenvalue weighted by atomic mass is 16.2. The third-order valence-electron chi connectivity index (χ3n) is 4.00. The third-order valence-corrected chi connectivity index (χ3v) is 4.00. The molecule has 1 fully saturated rings. The van der Waals surface area contributed by atoms with Crippen LogP contribution < -0.4 is 4.90 Å². The van der Waals surface area contributed by atoms with Gasteiger partial charge in [0.2, 0.25) is 11.8 Å². The number of imide groups is 1. The molecule has 2 amide bonds. The Hall–Kier alpha value is -2.43. The number of carbonyl (C=O) groups is 2. The standard InChI is InChI=1S/C17H19N3O2/c1-11-5-4-6-15(7-11)20-16(21)9-14(17(20)22)10-19-13(3)8-12(2)18-19/h4-8,14H,9-10H2,1-3H3. The van der Waals surface area contributed by atoms with Crippen LogP contribution in [0.15, 0.2) is 30.3 Å². The summed E-state index contributed by atoms with van der Waals surface area (Å²) in [5.41, 5.74) is 3.61. The van der Waals surface area contributed by atoms with Gasteiger partial charge in [-0.1, -0.05) is 12.1 Å². The number of hydrogen-bond donors (Lipinski definition) is 0. The van der Waals surface area contributed by atoms with Gasteiger partial charge < -0.3 is 0 Å². The maximum absolute atomic E-state index is 12.6. The molecule has 0 N–H and O–H groups in total. The Morgan fingerprint density at radius 2 is 1.95 bits per heavy atom. The molecule has 2 aromatic rings. The van der Waals surface area contributed by atoms with E-state index in [1.165, 1.54) is 4.90 Å². The second-order valence-corrected chi connectivity index (χ2v) is 5.92. The van der Waals surface area contributed by atoms with Crippen LogP contribution in [0.1, 0.15) is 23.4 Å². The first-order valence-electron chi connectivity index (χ1n) is 7.40. The van der Waals surface area contributed by atoms with Gasteiger partial charge in [-0.3, -0.25) is 19.2 Å². The molecule has 0 bridgehead atoms. The van der Waals surface area contributed by atoms with Gasteiger partial charge in [0.05, 0.1) is 23.8 Å². The lowest BCUT2D eigenvalue weighted by Gasteiger charge is -2.16. The highest BCUT2D eigenvalue weighted by Gasteiger charge is 2.39. The fraction of sp³-hybridized carbons (Fsp3) is 0.353. The number of aryl methyl sites for hydroxylation is 3. The SMILES string of the molecule is Cc1cccc(N2C(=O)CC(Cn3nc(C)cc3C)C2=O)c1. The van der Waals surface area contributed by atoms with Crippen molar-refractivity contribution in [3.05, 3.63) is 47.3 Å². The average Bonchev–Trinajstić information content (AvgIpc) is 2.90. The van der Waals surface area contributed by atoms with Gasteiger partial charge in [0.25, 0.3) is 0 Å². The van der Waals surface area contributed by atoms with Crippen molar-refractivity contribution in [2.24, 2.45) is 5.92 Å². The van der Waals surface area contributed by atoms with Crippen molar-refractivity contribution in [1.82, 2.24) is 9.78 Å². The predicted molar refractivity (Wildman–Crippen MR) is 83.5 cm³/mol. The molecule has 0 spiro atoms. The second-order valence-electron chi connectivity index (χ2n) is 5.92. The van der Waals surface area contributed by atoms with E-state index < -0.39 is 0 Å². The Labute approximate surface area is 129 Å².